The van der Waals surface area contributed by atoms with Crippen LogP contribution in [-0.4, -0.2) is 29.9 Å². The van der Waals surface area contributed by atoms with Crippen molar-refractivity contribution in [3.05, 3.63) is 22.4 Å². The highest BCUT2D eigenvalue weighted by Gasteiger charge is 2.25. The van der Waals surface area contributed by atoms with Crippen LogP contribution in [0.4, 0.5) is 0 Å². The molecule has 2 atom stereocenters. The minimum absolute atomic E-state index is 0.192. The Balaban J connectivity index is 1.81. The van der Waals surface area contributed by atoms with Gasteiger partial charge in [0.15, 0.2) is 0 Å². The highest BCUT2D eigenvalue weighted by atomic mass is 32.1. The van der Waals surface area contributed by atoms with Crippen molar-refractivity contribution in [1.29, 1.82) is 0 Å². The predicted octanol–water partition coefficient (Wildman–Crippen LogP) is 2.27. The molecule has 2 N–H and O–H groups in total. The van der Waals surface area contributed by atoms with E-state index < -0.39 is 0 Å². The Hall–Kier alpha value is -0.870. The summed E-state index contributed by atoms with van der Waals surface area (Å²) in [6, 6.07) is 2.29. The van der Waals surface area contributed by atoms with E-state index in [2.05, 4.69) is 16.8 Å². The molecule has 0 aliphatic carbocycles. The fourth-order valence-electron chi connectivity index (χ4n) is 2.51. The second-order valence-electron chi connectivity index (χ2n) is 5.23. The molecule has 0 aromatic carbocycles. The summed E-state index contributed by atoms with van der Waals surface area (Å²) in [4.78, 5) is 14.2. The first-order valence-corrected chi connectivity index (χ1v) is 7.65. The summed E-state index contributed by atoms with van der Waals surface area (Å²) >= 11 is 1.69. The molecule has 18 heavy (non-hydrogen) atoms. The van der Waals surface area contributed by atoms with E-state index in [0.717, 1.165) is 32.4 Å². The third-order valence-corrected chi connectivity index (χ3v) is 4.49. The predicted molar refractivity (Wildman–Crippen MR) is 75.6 cm³/mol. The molecule has 1 aliphatic rings. The molecule has 2 rings (SSSR count). The second-order valence-corrected chi connectivity index (χ2v) is 6.01. The molecule has 4 heteroatoms. The van der Waals surface area contributed by atoms with Gasteiger partial charge in [-0.05, 0) is 54.5 Å². The van der Waals surface area contributed by atoms with Crippen molar-refractivity contribution < 1.29 is 4.79 Å². The van der Waals surface area contributed by atoms with Gasteiger partial charge in [-0.25, -0.2) is 0 Å². The minimum Gasteiger partial charge on any atom is -0.342 e. The number of aryl methyl sites for hydroxylation is 1. The molecule has 1 aliphatic heterocycles. The Morgan fingerprint density at radius 2 is 2.50 bits per heavy atom. The van der Waals surface area contributed by atoms with E-state index >= 15 is 0 Å². The Morgan fingerprint density at radius 1 is 1.67 bits per heavy atom. The van der Waals surface area contributed by atoms with Crippen molar-refractivity contribution >= 4 is 17.2 Å². The largest absolute Gasteiger partial charge is 0.342 e. The normalized spacial score (nSPS) is 21.9. The maximum Gasteiger partial charge on any atom is 0.222 e. The van der Waals surface area contributed by atoms with Crippen LogP contribution >= 0.6 is 11.3 Å². The van der Waals surface area contributed by atoms with Crippen LogP contribution in [0.1, 0.15) is 31.7 Å². The molecule has 1 amide bonds. The molecule has 1 aromatic rings. The molecule has 1 aromatic heterocycles. The Bertz CT molecular complexity index is 375. The van der Waals surface area contributed by atoms with E-state index in [1.807, 2.05) is 11.8 Å². The number of likely N-dealkylation sites (tertiary alicyclic amines) is 1. The number of piperidine rings is 1. The van der Waals surface area contributed by atoms with Crippen LogP contribution in [-0.2, 0) is 11.2 Å². The standard InChI is InChI=1S/C14H22N2OS/c1-11(15)13-3-2-7-16(9-13)14(17)5-4-12-6-8-18-10-12/h6,8,10-11,13H,2-5,7,9,15H2,1H3/t11-,13+/m1/s1. The zero-order valence-electron chi connectivity index (χ0n) is 11.0. The molecule has 1 fully saturated rings. The van der Waals surface area contributed by atoms with E-state index in [-0.39, 0.29) is 11.9 Å². The number of hydrogen-bond donors (Lipinski definition) is 1. The zero-order chi connectivity index (χ0) is 13.0. The summed E-state index contributed by atoms with van der Waals surface area (Å²) in [6.45, 7) is 3.80. The fourth-order valence-corrected chi connectivity index (χ4v) is 3.21. The molecule has 0 spiro atoms. The molecule has 0 bridgehead atoms. The third-order valence-electron chi connectivity index (χ3n) is 3.76. The van der Waals surface area contributed by atoms with E-state index in [4.69, 9.17) is 5.73 Å². The lowest BCUT2D eigenvalue weighted by molar-refractivity contribution is -0.133. The van der Waals surface area contributed by atoms with Crippen molar-refractivity contribution in [3.8, 4) is 0 Å². The summed E-state index contributed by atoms with van der Waals surface area (Å²) in [5.74, 6) is 0.760. The monoisotopic (exact) mass is 266 g/mol. The molecule has 3 nitrogen and oxygen atoms in total. The maximum atomic E-state index is 12.1. The van der Waals surface area contributed by atoms with Crippen LogP contribution in [0, 0.1) is 5.92 Å². The number of nitrogens with zero attached hydrogens (tertiary/aromatic N) is 1. The van der Waals surface area contributed by atoms with Crippen LogP contribution < -0.4 is 5.73 Å². The molecule has 2 heterocycles. The quantitative estimate of drug-likeness (QED) is 0.908. The van der Waals surface area contributed by atoms with Gasteiger partial charge in [-0.15, -0.1) is 0 Å². The topological polar surface area (TPSA) is 46.3 Å². The molecule has 100 valence electrons. The van der Waals surface area contributed by atoms with E-state index in [9.17, 15) is 4.79 Å². The average Bonchev–Trinajstić information content (AvgIpc) is 2.89. The number of rotatable bonds is 4. The van der Waals surface area contributed by atoms with E-state index in [1.165, 1.54) is 5.56 Å². The zero-order valence-corrected chi connectivity index (χ0v) is 11.8. The number of carbonyl (C=O) groups is 1. The third kappa shape index (κ3) is 3.56. The first kappa shape index (κ1) is 13.6. The first-order valence-electron chi connectivity index (χ1n) is 6.71. The van der Waals surface area contributed by atoms with Gasteiger partial charge < -0.3 is 10.6 Å². The van der Waals surface area contributed by atoms with Gasteiger partial charge in [0.05, 0.1) is 0 Å². The number of hydrogen-bond acceptors (Lipinski definition) is 3. The lowest BCUT2D eigenvalue weighted by atomic mass is 9.92. The minimum atomic E-state index is 0.192. The smallest absolute Gasteiger partial charge is 0.222 e. The van der Waals surface area contributed by atoms with Crippen LogP contribution in [0.25, 0.3) is 0 Å². The molecule has 0 unspecified atom stereocenters. The second kappa shape index (κ2) is 6.34. The van der Waals surface area contributed by atoms with Gasteiger partial charge in [0.1, 0.15) is 0 Å². The molecule has 1 saturated heterocycles. The van der Waals surface area contributed by atoms with E-state index in [0.29, 0.717) is 12.3 Å². The van der Waals surface area contributed by atoms with Gasteiger partial charge in [0.25, 0.3) is 0 Å². The summed E-state index contributed by atoms with van der Waals surface area (Å²) in [6.07, 6.45) is 3.74. The van der Waals surface area contributed by atoms with Crippen molar-refractivity contribution in [2.45, 2.75) is 38.6 Å². The average molecular weight is 266 g/mol. The number of amides is 1. The molecular formula is C14H22N2OS. The van der Waals surface area contributed by atoms with Gasteiger partial charge in [-0.2, -0.15) is 11.3 Å². The summed E-state index contributed by atoms with van der Waals surface area (Å²) in [5, 5.41) is 4.18. The van der Waals surface area contributed by atoms with Gasteiger partial charge in [0.2, 0.25) is 5.91 Å². The molecular weight excluding hydrogens is 244 g/mol. The SMILES string of the molecule is C[C@@H](N)[C@H]1CCCN(C(=O)CCc2ccsc2)C1. The van der Waals surface area contributed by atoms with E-state index in [1.54, 1.807) is 11.3 Å². The summed E-state index contributed by atoms with van der Waals surface area (Å²) < 4.78 is 0. The molecule has 0 saturated carbocycles. The summed E-state index contributed by atoms with van der Waals surface area (Å²) in [5.41, 5.74) is 7.22. The van der Waals surface area contributed by atoms with Gasteiger partial charge in [0, 0.05) is 25.6 Å². The first-order chi connectivity index (χ1) is 8.66. The van der Waals surface area contributed by atoms with Crippen molar-refractivity contribution in [2.24, 2.45) is 11.7 Å². The van der Waals surface area contributed by atoms with Crippen LogP contribution in [0.15, 0.2) is 16.8 Å². The van der Waals surface area contributed by atoms with Crippen molar-refractivity contribution in [2.75, 3.05) is 13.1 Å². The van der Waals surface area contributed by atoms with Crippen molar-refractivity contribution in [3.63, 3.8) is 0 Å². The summed E-state index contributed by atoms with van der Waals surface area (Å²) in [7, 11) is 0. The molecule has 0 radical (unpaired) electrons. The van der Waals surface area contributed by atoms with Crippen LogP contribution in [0.3, 0.4) is 0 Å². The van der Waals surface area contributed by atoms with Crippen molar-refractivity contribution in [1.82, 2.24) is 4.90 Å². The maximum absolute atomic E-state index is 12.1. The highest BCUT2D eigenvalue weighted by molar-refractivity contribution is 7.07. The Kier molecular flexibility index (Phi) is 4.78. The van der Waals surface area contributed by atoms with Crippen LogP contribution in [0.2, 0.25) is 0 Å². The van der Waals surface area contributed by atoms with Gasteiger partial charge in [-0.1, -0.05) is 0 Å². The number of carbonyl (C=O) groups excluding carboxylic acids is 1. The highest BCUT2D eigenvalue weighted by Crippen LogP contribution is 2.20. The van der Waals surface area contributed by atoms with Gasteiger partial charge >= 0.3 is 0 Å². The Morgan fingerprint density at radius 3 is 3.17 bits per heavy atom. The number of nitrogens with two attached hydrogens (primary N) is 1. The van der Waals surface area contributed by atoms with Gasteiger partial charge in [-0.3, -0.25) is 4.79 Å². The number of thiophene rings is 1. The lowest BCUT2D eigenvalue weighted by Crippen LogP contribution is -2.45. The fraction of sp³-hybridized carbons (Fsp3) is 0.643. The van der Waals surface area contributed by atoms with Crippen LogP contribution in [0.5, 0.6) is 0 Å². The Labute approximate surface area is 113 Å². The lowest BCUT2D eigenvalue weighted by Gasteiger charge is -2.34.